The van der Waals surface area contributed by atoms with Gasteiger partial charge in [-0.2, -0.15) is 0 Å². The summed E-state index contributed by atoms with van der Waals surface area (Å²) in [6.07, 6.45) is 16.7. The fraction of sp³-hybridized carbons (Fsp3) is 0.636. The smallest absolute Gasteiger partial charge is 0.0505 e. The van der Waals surface area contributed by atoms with Crippen LogP contribution in [0.2, 0.25) is 0 Å². The monoisotopic (exact) mass is 356 g/mol. The summed E-state index contributed by atoms with van der Waals surface area (Å²) in [5.41, 5.74) is 4.52. The van der Waals surface area contributed by atoms with Gasteiger partial charge in [0.1, 0.15) is 0 Å². The lowest BCUT2D eigenvalue weighted by Crippen LogP contribution is -2.33. The van der Waals surface area contributed by atoms with E-state index in [-0.39, 0.29) is 0 Å². The maximum Gasteiger partial charge on any atom is 0.0505 e. The van der Waals surface area contributed by atoms with Crippen molar-refractivity contribution in [1.29, 1.82) is 0 Å². The molecule has 3 heteroatoms. The van der Waals surface area contributed by atoms with Crippen molar-refractivity contribution in [2.24, 2.45) is 5.92 Å². The average molecular weight is 357 g/mol. The highest BCUT2D eigenvalue weighted by Crippen LogP contribution is 2.44. The van der Waals surface area contributed by atoms with Crippen LogP contribution >= 0.6 is 11.9 Å². The fourth-order valence-corrected chi connectivity index (χ4v) is 5.71. The first-order chi connectivity index (χ1) is 12.4. The van der Waals surface area contributed by atoms with E-state index in [9.17, 15) is 0 Å². The third-order valence-electron chi connectivity index (χ3n) is 6.00. The van der Waals surface area contributed by atoms with Crippen molar-refractivity contribution >= 4 is 17.6 Å². The SMILES string of the molecule is C1=CCC2CCC2SN2CCCCc3ccc(cc32)CNCCCC1. The molecule has 2 heterocycles. The van der Waals surface area contributed by atoms with Crippen molar-refractivity contribution < 1.29 is 0 Å². The quantitative estimate of drug-likeness (QED) is 0.490. The molecule has 0 aromatic heterocycles. The molecule has 1 aromatic carbocycles. The molecule has 2 nitrogen and oxygen atoms in total. The summed E-state index contributed by atoms with van der Waals surface area (Å²) >= 11 is 2.16. The number of nitrogens with zero attached hydrogens (tertiary/aromatic N) is 1. The first-order valence-corrected chi connectivity index (χ1v) is 11.2. The van der Waals surface area contributed by atoms with Crippen LogP contribution in [0, 0.1) is 5.92 Å². The van der Waals surface area contributed by atoms with E-state index in [1.165, 1.54) is 75.6 Å². The molecule has 2 aliphatic heterocycles. The van der Waals surface area contributed by atoms with E-state index in [1.807, 2.05) is 0 Å². The Morgan fingerprint density at radius 1 is 1.04 bits per heavy atom. The van der Waals surface area contributed by atoms with Crippen LogP contribution in [0.15, 0.2) is 30.4 Å². The molecular weight excluding hydrogens is 324 g/mol. The van der Waals surface area contributed by atoms with Gasteiger partial charge in [-0.15, -0.1) is 0 Å². The Balaban J connectivity index is 1.55. The minimum absolute atomic E-state index is 0.824. The van der Waals surface area contributed by atoms with Crippen LogP contribution in [-0.4, -0.2) is 18.3 Å². The number of benzene rings is 1. The average Bonchev–Trinajstić information content (AvgIpc) is 2.81. The zero-order valence-corrected chi connectivity index (χ0v) is 16.2. The van der Waals surface area contributed by atoms with Gasteiger partial charge in [-0.25, -0.2) is 0 Å². The van der Waals surface area contributed by atoms with Gasteiger partial charge < -0.3 is 9.62 Å². The summed E-state index contributed by atoms with van der Waals surface area (Å²) in [5.74, 6) is 0.894. The van der Waals surface area contributed by atoms with E-state index in [2.05, 4.69) is 51.9 Å². The van der Waals surface area contributed by atoms with E-state index in [0.29, 0.717) is 0 Å². The summed E-state index contributed by atoms with van der Waals surface area (Å²) < 4.78 is 2.65. The second-order valence-electron chi connectivity index (χ2n) is 7.88. The van der Waals surface area contributed by atoms with Crippen LogP contribution in [0.4, 0.5) is 5.69 Å². The van der Waals surface area contributed by atoms with Gasteiger partial charge in [-0.05, 0) is 99.4 Å². The van der Waals surface area contributed by atoms with Crippen molar-refractivity contribution in [2.75, 3.05) is 17.4 Å². The second-order valence-corrected chi connectivity index (χ2v) is 9.14. The van der Waals surface area contributed by atoms with E-state index >= 15 is 0 Å². The number of hydrogen-bond acceptors (Lipinski definition) is 3. The number of hydrogen-bond donors (Lipinski definition) is 1. The lowest BCUT2D eigenvalue weighted by atomic mass is 9.82. The molecule has 1 saturated carbocycles. The van der Waals surface area contributed by atoms with Gasteiger partial charge in [-0.1, -0.05) is 24.3 Å². The number of anilines is 1. The number of nitrogens with one attached hydrogen (secondary N) is 1. The van der Waals surface area contributed by atoms with Gasteiger partial charge in [0.2, 0.25) is 0 Å². The molecular formula is C22H32N2S. The van der Waals surface area contributed by atoms with Gasteiger partial charge >= 0.3 is 0 Å². The first kappa shape index (κ1) is 17.5. The predicted molar refractivity (Wildman–Crippen MR) is 110 cm³/mol. The molecule has 25 heavy (non-hydrogen) atoms. The molecule has 1 aromatic rings. The molecule has 0 saturated heterocycles. The molecule has 1 fully saturated rings. The Morgan fingerprint density at radius 3 is 2.96 bits per heavy atom. The summed E-state index contributed by atoms with van der Waals surface area (Å²) in [5, 5.41) is 4.46. The molecule has 2 bridgehead atoms. The van der Waals surface area contributed by atoms with E-state index in [1.54, 1.807) is 5.56 Å². The molecule has 1 N–H and O–H groups in total. The highest BCUT2D eigenvalue weighted by molar-refractivity contribution is 8.01. The molecule has 1 aliphatic carbocycles. The Hall–Kier alpha value is -0.930. The van der Waals surface area contributed by atoms with Crippen LogP contribution in [0.1, 0.15) is 62.5 Å². The van der Waals surface area contributed by atoms with Gasteiger partial charge in [0, 0.05) is 18.3 Å². The predicted octanol–water partition coefficient (Wildman–Crippen LogP) is 5.48. The highest BCUT2D eigenvalue weighted by Gasteiger charge is 2.33. The van der Waals surface area contributed by atoms with Crippen molar-refractivity contribution in [3.8, 4) is 0 Å². The molecule has 0 spiro atoms. The third kappa shape index (κ3) is 4.43. The standard InChI is InChI=1S/C22H32N2S/c1-2-4-9-20-12-13-22(20)25-24-15-7-5-8-19-11-10-18(16-21(19)24)17-23-14-6-3-1/h2,4,10-11,16,20,22-23H,1,3,5-9,12-15,17H2. The summed E-state index contributed by atoms with van der Waals surface area (Å²) in [6.45, 7) is 3.36. The molecule has 0 amide bonds. The van der Waals surface area contributed by atoms with Gasteiger partial charge in [0.05, 0.1) is 5.69 Å². The zero-order valence-electron chi connectivity index (χ0n) is 15.4. The Kier molecular flexibility index (Phi) is 6.04. The van der Waals surface area contributed by atoms with Crippen LogP contribution < -0.4 is 9.62 Å². The van der Waals surface area contributed by atoms with Crippen molar-refractivity contribution in [3.63, 3.8) is 0 Å². The number of allylic oxidation sites excluding steroid dienone is 2. The van der Waals surface area contributed by atoms with E-state index in [0.717, 1.165) is 24.3 Å². The molecule has 4 rings (SSSR count). The Bertz CT molecular complexity index is 598. The zero-order chi connectivity index (χ0) is 16.9. The van der Waals surface area contributed by atoms with E-state index < -0.39 is 0 Å². The Labute approximate surface area is 157 Å². The first-order valence-electron chi connectivity index (χ1n) is 10.3. The number of rotatable bonds is 0. The molecule has 3 aliphatic rings. The molecule has 2 unspecified atom stereocenters. The number of aryl methyl sites for hydroxylation is 1. The topological polar surface area (TPSA) is 15.3 Å². The van der Waals surface area contributed by atoms with Crippen LogP contribution in [0.25, 0.3) is 0 Å². The van der Waals surface area contributed by atoms with Crippen molar-refractivity contribution in [1.82, 2.24) is 5.32 Å². The van der Waals surface area contributed by atoms with Crippen LogP contribution in [0.3, 0.4) is 0 Å². The normalized spacial score (nSPS) is 27.9. The number of fused-ring (bicyclic) bond motifs is 2. The highest BCUT2D eigenvalue weighted by atomic mass is 32.2. The summed E-state index contributed by atoms with van der Waals surface area (Å²) in [4.78, 5) is 0. The van der Waals surface area contributed by atoms with Gasteiger partial charge in [0.15, 0.2) is 0 Å². The largest absolute Gasteiger partial charge is 0.316 e. The Morgan fingerprint density at radius 2 is 2.04 bits per heavy atom. The van der Waals surface area contributed by atoms with E-state index in [4.69, 9.17) is 0 Å². The van der Waals surface area contributed by atoms with Crippen LogP contribution in [-0.2, 0) is 13.0 Å². The molecule has 136 valence electrons. The second kappa shape index (κ2) is 8.64. The van der Waals surface area contributed by atoms with Gasteiger partial charge in [0.25, 0.3) is 0 Å². The minimum Gasteiger partial charge on any atom is -0.316 e. The lowest BCUT2D eigenvalue weighted by Gasteiger charge is -2.39. The molecule has 2 atom stereocenters. The van der Waals surface area contributed by atoms with Gasteiger partial charge in [-0.3, -0.25) is 0 Å². The lowest BCUT2D eigenvalue weighted by molar-refractivity contribution is 0.334. The minimum atomic E-state index is 0.824. The maximum atomic E-state index is 3.64. The maximum absolute atomic E-state index is 3.64. The van der Waals surface area contributed by atoms with Crippen LogP contribution in [0.5, 0.6) is 0 Å². The third-order valence-corrected chi connectivity index (χ3v) is 7.52. The van der Waals surface area contributed by atoms with Crippen molar-refractivity contribution in [2.45, 2.75) is 69.6 Å². The fourth-order valence-electron chi connectivity index (χ4n) is 4.21. The van der Waals surface area contributed by atoms with Crippen molar-refractivity contribution in [3.05, 3.63) is 41.5 Å². The summed E-state index contributed by atoms with van der Waals surface area (Å²) in [7, 11) is 0. The molecule has 0 radical (unpaired) electrons. The summed E-state index contributed by atoms with van der Waals surface area (Å²) in [6, 6.07) is 7.22.